The van der Waals surface area contributed by atoms with Gasteiger partial charge in [0.1, 0.15) is 11.8 Å². The molecule has 2 aromatic carbocycles. The van der Waals surface area contributed by atoms with Crippen LogP contribution in [-0.4, -0.2) is 11.5 Å². The molecule has 2 aromatic rings. The number of ether oxygens (including phenoxy) is 1. The van der Waals surface area contributed by atoms with E-state index < -0.39 is 46.4 Å². The van der Waals surface area contributed by atoms with Gasteiger partial charge in [0.2, 0.25) is 40.5 Å². The molecule has 0 fully saturated rings. The molecule has 26 heavy (non-hydrogen) atoms. The Morgan fingerprint density at radius 3 is 2.19 bits per heavy atom. The van der Waals surface area contributed by atoms with E-state index in [0.29, 0.717) is 0 Å². The molecular weight excluding hydrogens is 361 g/mol. The summed E-state index contributed by atoms with van der Waals surface area (Å²) in [5.74, 6) is -13.2. The molecule has 0 saturated heterocycles. The van der Waals surface area contributed by atoms with Crippen LogP contribution in [0.25, 0.3) is 0 Å². The highest BCUT2D eigenvalue weighted by Gasteiger charge is 2.27. The predicted octanol–water partition coefficient (Wildman–Crippen LogP) is 3.40. The van der Waals surface area contributed by atoms with Crippen LogP contribution in [0.3, 0.4) is 0 Å². The Balaban J connectivity index is 2.33. The molecule has 0 saturated carbocycles. The van der Waals surface area contributed by atoms with Gasteiger partial charge in [-0.3, -0.25) is 10.8 Å². The molecule has 4 N–H and O–H groups in total. The molecule has 6 nitrogen and oxygen atoms in total. The normalized spacial score (nSPS) is 11.0. The largest absolute Gasteiger partial charge is 0.451 e. The molecule has 0 radical (unpaired) electrons. The van der Waals surface area contributed by atoms with E-state index in [9.17, 15) is 22.0 Å². The first kappa shape index (κ1) is 18.7. The fourth-order valence-corrected chi connectivity index (χ4v) is 1.69. The summed E-state index contributed by atoms with van der Waals surface area (Å²) in [5, 5.41) is 19.3. The van der Waals surface area contributed by atoms with Gasteiger partial charge in [-0.25, -0.2) is 13.2 Å². The average Bonchev–Trinajstić information content (AvgIpc) is 2.62. The van der Waals surface area contributed by atoms with Crippen LogP contribution in [0.15, 0.2) is 29.4 Å². The third-order valence-electron chi connectivity index (χ3n) is 2.88. The summed E-state index contributed by atoms with van der Waals surface area (Å²) in [6.45, 7) is 0. The second kappa shape index (κ2) is 7.47. The fraction of sp³-hybridized carbons (Fsp3) is 0. The fourth-order valence-electron chi connectivity index (χ4n) is 1.69. The summed E-state index contributed by atoms with van der Waals surface area (Å²) in [7, 11) is 0. The van der Waals surface area contributed by atoms with Crippen molar-refractivity contribution < 1.29 is 26.7 Å². The Hall–Kier alpha value is -3.68. The van der Waals surface area contributed by atoms with E-state index in [-0.39, 0.29) is 11.4 Å². The molecule has 0 unspecified atom stereocenters. The van der Waals surface area contributed by atoms with Crippen LogP contribution < -0.4 is 15.9 Å². The molecule has 2 rings (SSSR count). The van der Waals surface area contributed by atoms with E-state index in [4.69, 9.17) is 21.1 Å². The van der Waals surface area contributed by atoms with Crippen molar-refractivity contribution in [2.24, 2.45) is 10.8 Å². The maximum Gasteiger partial charge on any atom is 0.207 e. The lowest BCUT2D eigenvalue weighted by Gasteiger charge is -2.11. The van der Waals surface area contributed by atoms with Gasteiger partial charge in [0.25, 0.3) is 0 Å². The van der Waals surface area contributed by atoms with Crippen molar-refractivity contribution in [2.45, 2.75) is 0 Å². The van der Waals surface area contributed by atoms with Gasteiger partial charge in [-0.05, 0) is 12.1 Å². The summed E-state index contributed by atoms with van der Waals surface area (Å²) in [6, 6.07) is 6.55. The van der Waals surface area contributed by atoms with Crippen molar-refractivity contribution in [3.63, 3.8) is 0 Å². The zero-order valence-electron chi connectivity index (χ0n) is 12.6. The van der Waals surface area contributed by atoms with Crippen molar-refractivity contribution in [2.75, 3.05) is 5.43 Å². The van der Waals surface area contributed by atoms with Crippen molar-refractivity contribution in [1.82, 2.24) is 0 Å². The average molecular weight is 369 g/mol. The van der Waals surface area contributed by atoms with Gasteiger partial charge in [0.15, 0.2) is 5.84 Å². The predicted molar refractivity (Wildman–Crippen MR) is 81.3 cm³/mol. The Bertz CT molecular complexity index is 925. The van der Waals surface area contributed by atoms with E-state index in [1.54, 1.807) is 6.07 Å². The van der Waals surface area contributed by atoms with Crippen molar-refractivity contribution >= 4 is 17.2 Å². The lowest BCUT2D eigenvalue weighted by atomic mass is 10.2. The molecule has 0 heterocycles. The SMILES string of the molecule is N#C/C(=N\Nc1cccc(Oc2c(F)c(F)c(F)c(F)c2F)c1)C(=N)N. The Labute approximate surface area is 142 Å². The monoisotopic (exact) mass is 369 g/mol. The molecule has 11 heteroatoms. The minimum absolute atomic E-state index is 0.125. The smallest absolute Gasteiger partial charge is 0.207 e. The number of nitrogens with zero attached hydrogens (tertiary/aromatic N) is 2. The van der Waals surface area contributed by atoms with Crippen molar-refractivity contribution in [1.29, 1.82) is 10.7 Å². The van der Waals surface area contributed by atoms with Crippen LogP contribution in [0, 0.1) is 45.8 Å². The van der Waals surface area contributed by atoms with Crippen LogP contribution in [0.1, 0.15) is 0 Å². The molecule has 0 amide bonds. The second-order valence-electron chi connectivity index (χ2n) is 4.63. The summed E-state index contributed by atoms with van der Waals surface area (Å²) in [5.41, 5.74) is 7.12. The van der Waals surface area contributed by atoms with E-state index in [1.807, 2.05) is 0 Å². The number of hydrogen-bond acceptors (Lipinski definition) is 5. The summed E-state index contributed by atoms with van der Waals surface area (Å²) in [4.78, 5) is 0. The lowest BCUT2D eigenvalue weighted by molar-refractivity contribution is 0.332. The first-order valence-corrected chi connectivity index (χ1v) is 6.63. The third-order valence-corrected chi connectivity index (χ3v) is 2.88. The van der Waals surface area contributed by atoms with Gasteiger partial charge >= 0.3 is 0 Å². The number of hydrogen-bond donors (Lipinski definition) is 3. The van der Waals surface area contributed by atoms with E-state index in [1.165, 1.54) is 18.2 Å². The van der Waals surface area contributed by atoms with Gasteiger partial charge < -0.3 is 10.5 Å². The first-order valence-electron chi connectivity index (χ1n) is 6.63. The van der Waals surface area contributed by atoms with Gasteiger partial charge in [-0.2, -0.15) is 19.1 Å². The first-order chi connectivity index (χ1) is 12.3. The number of halogens is 5. The quantitative estimate of drug-likeness (QED) is 0.187. The molecule has 0 aliphatic heterocycles. The highest BCUT2D eigenvalue weighted by Crippen LogP contribution is 2.33. The number of nitrogens with two attached hydrogens (primary N) is 1. The topological polar surface area (TPSA) is 107 Å². The summed E-state index contributed by atoms with van der Waals surface area (Å²) in [6.07, 6.45) is 0. The molecule has 0 aliphatic carbocycles. The van der Waals surface area contributed by atoms with Crippen molar-refractivity contribution in [3.8, 4) is 17.6 Å². The summed E-state index contributed by atoms with van der Waals surface area (Å²) >= 11 is 0. The van der Waals surface area contributed by atoms with E-state index in [2.05, 4.69) is 10.5 Å². The zero-order chi connectivity index (χ0) is 19.4. The molecule has 0 aliphatic rings. The highest BCUT2D eigenvalue weighted by molar-refractivity contribution is 6.45. The van der Waals surface area contributed by atoms with Crippen LogP contribution >= 0.6 is 0 Å². The molecule has 0 atom stereocenters. The Kier molecular flexibility index (Phi) is 5.36. The van der Waals surface area contributed by atoms with Gasteiger partial charge in [-0.1, -0.05) is 6.07 Å². The molecular formula is C15H8F5N5O. The molecule has 0 bridgehead atoms. The minimum atomic E-state index is -2.30. The standard InChI is InChI=1S/C15H8F5N5O/c16-9-10(17)12(19)14(13(20)11(9)18)26-7-3-1-2-6(4-7)24-25-8(5-21)15(22)23/h1-4,24H,(H3,22,23)/b25-8+. The number of nitriles is 1. The van der Waals surface area contributed by atoms with Crippen LogP contribution in [-0.2, 0) is 0 Å². The lowest BCUT2D eigenvalue weighted by Crippen LogP contribution is -2.21. The minimum Gasteiger partial charge on any atom is -0.451 e. The Morgan fingerprint density at radius 1 is 1.08 bits per heavy atom. The van der Waals surface area contributed by atoms with Crippen LogP contribution in [0.4, 0.5) is 27.6 Å². The maximum atomic E-state index is 13.6. The highest BCUT2D eigenvalue weighted by atomic mass is 19.2. The molecule has 0 spiro atoms. The van der Waals surface area contributed by atoms with E-state index in [0.717, 1.165) is 6.07 Å². The number of nitrogens with one attached hydrogen (secondary N) is 2. The third kappa shape index (κ3) is 3.69. The Morgan fingerprint density at radius 2 is 1.65 bits per heavy atom. The molecule has 0 aromatic heterocycles. The number of rotatable bonds is 5. The number of hydrazone groups is 1. The van der Waals surface area contributed by atoms with E-state index >= 15 is 0 Å². The van der Waals surface area contributed by atoms with Crippen molar-refractivity contribution in [3.05, 3.63) is 53.4 Å². The summed E-state index contributed by atoms with van der Waals surface area (Å²) < 4.78 is 71.4. The number of benzene rings is 2. The maximum absolute atomic E-state index is 13.6. The van der Waals surface area contributed by atoms with Crippen LogP contribution in [0.5, 0.6) is 11.5 Å². The number of anilines is 1. The second-order valence-corrected chi connectivity index (χ2v) is 4.63. The number of amidine groups is 1. The zero-order valence-corrected chi connectivity index (χ0v) is 12.6. The van der Waals surface area contributed by atoms with Gasteiger partial charge in [0.05, 0.1) is 5.69 Å². The van der Waals surface area contributed by atoms with Gasteiger partial charge in [-0.15, -0.1) is 0 Å². The van der Waals surface area contributed by atoms with Crippen LogP contribution in [0.2, 0.25) is 0 Å². The molecule has 134 valence electrons. The van der Waals surface area contributed by atoms with Gasteiger partial charge in [0, 0.05) is 6.07 Å².